The second-order valence-electron chi connectivity index (χ2n) is 4.40. The number of rotatable bonds is 5. The first kappa shape index (κ1) is 13.5. The number of carbonyl (C=O) groups is 1. The number of hydrogen-bond donors (Lipinski definition) is 2. The minimum atomic E-state index is -0.788. The first-order valence-electron chi connectivity index (χ1n) is 6.04. The van der Waals surface area contributed by atoms with Crippen molar-refractivity contribution in [2.45, 2.75) is 6.04 Å². The average molecular weight is 270 g/mol. The Hall–Kier alpha value is -0.950. The number of carboxylic acid groups (broad SMARTS) is 1. The summed E-state index contributed by atoms with van der Waals surface area (Å²) in [5.41, 5.74) is 0.864. The van der Waals surface area contributed by atoms with Crippen LogP contribution in [0.5, 0.6) is 0 Å². The highest BCUT2D eigenvalue weighted by Gasteiger charge is 2.30. The molecule has 1 aromatic rings. The number of carboxylic acids is 1. The van der Waals surface area contributed by atoms with Gasteiger partial charge in [-0.25, -0.2) is 0 Å². The summed E-state index contributed by atoms with van der Waals surface area (Å²) in [4.78, 5) is 15.6. The molecule has 1 aromatic heterocycles. The molecule has 0 aromatic carbocycles. The lowest BCUT2D eigenvalue weighted by Crippen LogP contribution is -2.49. The topological polar surface area (TPSA) is 64.0 Å². The van der Waals surface area contributed by atoms with Crippen molar-refractivity contribution in [3.63, 3.8) is 0 Å². The fourth-order valence-electron chi connectivity index (χ4n) is 2.33. The minimum absolute atomic E-state index is 0.160. The van der Waals surface area contributed by atoms with E-state index in [1.54, 1.807) is 0 Å². The molecule has 5 nitrogen and oxygen atoms in total. The Labute approximate surface area is 110 Å². The molecule has 18 heavy (non-hydrogen) atoms. The van der Waals surface area contributed by atoms with E-state index in [9.17, 15) is 9.90 Å². The summed E-state index contributed by atoms with van der Waals surface area (Å²) >= 11 is 1.52. The van der Waals surface area contributed by atoms with Gasteiger partial charge in [0.2, 0.25) is 0 Å². The molecule has 0 saturated carbocycles. The van der Waals surface area contributed by atoms with E-state index in [-0.39, 0.29) is 6.61 Å². The fraction of sp³-hybridized carbons (Fsp3) is 0.583. The molecule has 0 spiro atoms. The largest absolute Gasteiger partial charge is 0.480 e. The summed E-state index contributed by atoms with van der Waals surface area (Å²) in [5.74, 6) is -0.788. The van der Waals surface area contributed by atoms with Gasteiger partial charge in [0.05, 0.1) is 6.61 Å². The van der Waals surface area contributed by atoms with E-state index in [1.807, 2.05) is 21.7 Å². The molecule has 1 aliphatic rings. The van der Waals surface area contributed by atoms with Crippen molar-refractivity contribution >= 4 is 17.3 Å². The van der Waals surface area contributed by atoms with Crippen molar-refractivity contribution in [2.24, 2.45) is 0 Å². The van der Waals surface area contributed by atoms with E-state index in [4.69, 9.17) is 5.11 Å². The van der Waals surface area contributed by atoms with E-state index in [2.05, 4.69) is 4.90 Å². The van der Waals surface area contributed by atoms with Gasteiger partial charge < -0.3 is 10.2 Å². The average Bonchev–Trinajstić information content (AvgIpc) is 2.85. The Morgan fingerprint density at radius 2 is 2.11 bits per heavy atom. The molecule has 2 rings (SSSR count). The van der Waals surface area contributed by atoms with Crippen LogP contribution in [-0.2, 0) is 4.79 Å². The van der Waals surface area contributed by atoms with Crippen LogP contribution in [0.4, 0.5) is 0 Å². The first-order chi connectivity index (χ1) is 8.72. The summed E-state index contributed by atoms with van der Waals surface area (Å²) in [7, 11) is 0. The highest BCUT2D eigenvalue weighted by atomic mass is 32.1. The third-order valence-corrected chi connectivity index (χ3v) is 3.98. The monoisotopic (exact) mass is 270 g/mol. The number of nitrogens with zero attached hydrogens (tertiary/aromatic N) is 2. The number of aliphatic hydroxyl groups excluding tert-OH is 1. The lowest BCUT2D eigenvalue weighted by molar-refractivity contribution is -0.144. The van der Waals surface area contributed by atoms with E-state index in [1.165, 1.54) is 11.3 Å². The molecule has 2 heterocycles. The number of aliphatic carboxylic acids is 1. The molecule has 2 N–H and O–H groups in total. The number of thiophene rings is 1. The standard InChI is InChI=1S/C12H18N2O3S/c15-7-6-13-2-4-14(5-3-13)11(12(16)17)10-1-8-18-9-10/h1,8-9,11,15H,2-7H2,(H,16,17). The van der Waals surface area contributed by atoms with Crippen LogP contribution < -0.4 is 0 Å². The molecule has 1 aliphatic heterocycles. The highest BCUT2D eigenvalue weighted by Crippen LogP contribution is 2.24. The number of aliphatic hydroxyl groups is 1. The van der Waals surface area contributed by atoms with Crippen LogP contribution >= 0.6 is 11.3 Å². The molecule has 1 atom stereocenters. The van der Waals surface area contributed by atoms with Crippen molar-refractivity contribution in [1.29, 1.82) is 0 Å². The third kappa shape index (κ3) is 3.08. The molecule has 0 radical (unpaired) electrons. The van der Waals surface area contributed by atoms with Crippen LogP contribution in [0, 0.1) is 0 Å². The predicted octanol–water partition coefficient (Wildman–Crippen LogP) is 0.484. The van der Waals surface area contributed by atoms with Crippen molar-refractivity contribution in [1.82, 2.24) is 9.80 Å². The second kappa shape index (κ2) is 6.29. The summed E-state index contributed by atoms with van der Waals surface area (Å²) in [5, 5.41) is 22.1. The first-order valence-corrected chi connectivity index (χ1v) is 6.99. The molecule has 6 heteroatoms. The molecular formula is C12H18N2O3S. The molecule has 0 bridgehead atoms. The lowest BCUT2D eigenvalue weighted by atomic mass is 10.1. The summed E-state index contributed by atoms with van der Waals surface area (Å²) in [6, 6.07) is 1.34. The molecule has 1 unspecified atom stereocenters. The van der Waals surface area contributed by atoms with Crippen LogP contribution in [0.25, 0.3) is 0 Å². The number of hydrogen-bond acceptors (Lipinski definition) is 5. The zero-order valence-corrected chi connectivity index (χ0v) is 11.0. The maximum Gasteiger partial charge on any atom is 0.325 e. The van der Waals surface area contributed by atoms with Crippen molar-refractivity contribution in [3.8, 4) is 0 Å². The van der Waals surface area contributed by atoms with E-state index >= 15 is 0 Å². The molecule has 100 valence electrons. The quantitative estimate of drug-likeness (QED) is 0.815. The minimum Gasteiger partial charge on any atom is -0.480 e. The zero-order chi connectivity index (χ0) is 13.0. The van der Waals surface area contributed by atoms with Gasteiger partial charge in [0, 0.05) is 32.7 Å². The van der Waals surface area contributed by atoms with Gasteiger partial charge in [-0.15, -0.1) is 0 Å². The van der Waals surface area contributed by atoms with Gasteiger partial charge in [0.25, 0.3) is 0 Å². The zero-order valence-electron chi connectivity index (χ0n) is 10.2. The lowest BCUT2D eigenvalue weighted by Gasteiger charge is -2.37. The smallest absolute Gasteiger partial charge is 0.325 e. The van der Waals surface area contributed by atoms with Crippen LogP contribution in [0.15, 0.2) is 16.8 Å². The van der Waals surface area contributed by atoms with Crippen molar-refractivity contribution < 1.29 is 15.0 Å². The summed E-state index contributed by atoms with van der Waals surface area (Å²) in [6.07, 6.45) is 0. The molecule has 1 fully saturated rings. The Kier molecular flexibility index (Phi) is 4.71. The number of β-amino-alcohol motifs (C(OH)–C–C–N with tert-alkyl or cyclic N) is 1. The van der Waals surface area contributed by atoms with Gasteiger partial charge >= 0.3 is 5.97 Å². The van der Waals surface area contributed by atoms with E-state index in [0.29, 0.717) is 6.54 Å². The predicted molar refractivity (Wildman–Crippen MR) is 69.8 cm³/mol. The van der Waals surface area contributed by atoms with Gasteiger partial charge in [-0.2, -0.15) is 11.3 Å². The van der Waals surface area contributed by atoms with Gasteiger partial charge in [-0.1, -0.05) is 0 Å². The fourth-order valence-corrected chi connectivity index (χ4v) is 3.01. The SMILES string of the molecule is O=C(O)C(c1ccsc1)N1CCN(CCO)CC1. The van der Waals surface area contributed by atoms with Gasteiger partial charge in [0.15, 0.2) is 0 Å². The Morgan fingerprint density at radius 1 is 1.39 bits per heavy atom. The normalized spacial score (nSPS) is 19.8. The summed E-state index contributed by atoms with van der Waals surface area (Å²) < 4.78 is 0. The highest BCUT2D eigenvalue weighted by molar-refractivity contribution is 7.08. The molecule has 1 saturated heterocycles. The van der Waals surface area contributed by atoms with Gasteiger partial charge in [-0.3, -0.25) is 14.6 Å². The molecular weight excluding hydrogens is 252 g/mol. The maximum atomic E-state index is 11.4. The van der Waals surface area contributed by atoms with E-state index < -0.39 is 12.0 Å². The van der Waals surface area contributed by atoms with Crippen LogP contribution in [0.3, 0.4) is 0 Å². The Bertz CT molecular complexity index is 375. The third-order valence-electron chi connectivity index (χ3n) is 3.28. The Morgan fingerprint density at radius 3 is 2.61 bits per heavy atom. The Balaban J connectivity index is 1.99. The number of piperazine rings is 1. The molecule has 0 aliphatic carbocycles. The van der Waals surface area contributed by atoms with Crippen molar-refractivity contribution in [2.75, 3.05) is 39.3 Å². The van der Waals surface area contributed by atoms with Crippen molar-refractivity contribution in [3.05, 3.63) is 22.4 Å². The van der Waals surface area contributed by atoms with Crippen LogP contribution in [0.1, 0.15) is 11.6 Å². The van der Waals surface area contributed by atoms with Crippen LogP contribution in [0.2, 0.25) is 0 Å². The maximum absolute atomic E-state index is 11.4. The van der Waals surface area contributed by atoms with Gasteiger partial charge in [0.1, 0.15) is 6.04 Å². The molecule has 0 amide bonds. The second-order valence-corrected chi connectivity index (χ2v) is 5.18. The van der Waals surface area contributed by atoms with E-state index in [0.717, 1.165) is 31.7 Å². The van der Waals surface area contributed by atoms with Crippen LogP contribution in [-0.4, -0.2) is 65.3 Å². The summed E-state index contributed by atoms with van der Waals surface area (Å²) in [6.45, 7) is 3.92. The van der Waals surface area contributed by atoms with Gasteiger partial charge in [-0.05, 0) is 22.4 Å².